The second kappa shape index (κ2) is 10.4. The second-order valence-electron chi connectivity index (χ2n) is 9.23. The molecule has 0 radical (unpaired) electrons. The SMILES string of the molecule is Cc1ccccc1CN1CCCc2ccc(C(=O)CCCC3CCNCC3)cc2C1. The normalized spacial score (nSPS) is 18.0. The average molecular weight is 405 g/mol. The minimum Gasteiger partial charge on any atom is -0.317 e. The van der Waals surface area contributed by atoms with Crippen LogP contribution in [0.15, 0.2) is 42.5 Å². The summed E-state index contributed by atoms with van der Waals surface area (Å²) in [6.07, 6.45) is 7.75. The van der Waals surface area contributed by atoms with Crippen molar-refractivity contribution >= 4 is 5.78 Å². The molecule has 1 saturated heterocycles. The molecule has 0 spiro atoms. The van der Waals surface area contributed by atoms with Crippen molar-refractivity contribution in [1.82, 2.24) is 10.2 Å². The van der Waals surface area contributed by atoms with E-state index in [4.69, 9.17) is 0 Å². The van der Waals surface area contributed by atoms with E-state index >= 15 is 0 Å². The third-order valence-corrected chi connectivity index (χ3v) is 6.97. The van der Waals surface area contributed by atoms with Crippen LogP contribution in [0.3, 0.4) is 0 Å². The zero-order valence-corrected chi connectivity index (χ0v) is 18.5. The van der Waals surface area contributed by atoms with Crippen LogP contribution >= 0.6 is 0 Å². The average Bonchev–Trinajstić information content (AvgIpc) is 2.97. The number of Topliss-reactive ketones (excluding diaryl/α,β-unsaturated/α-hetero) is 1. The number of piperidine rings is 1. The summed E-state index contributed by atoms with van der Waals surface area (Å²) in [5.41, 5.74) is 6.46. The number of aryl methyl sites for hydroxylation is 2. The fourth-order valence-corrected chi connectivity index (χ4v) is 5.03. The van der Waals surface area contributed by atoms with Crippen LogP contribution in [0.2, 0.25) is 0 Å². The van der Waals surface area contributed by atoms with Crippen molar-refractivity contribution in [2.24, 2.45) is 5.92 Å². The molecule has 0 amide bonds. The standard InChI is InChI=1S/C27H36N2O/c1-21-6-2-3-8-25(21)19-29-17-5-9-23-11-12-24(18-26(23)20-29)27(30)10-4-7-22-13-15-28-16-14-22/h2-3,6,8,11-12,18,22,28H,4-5,7,9-10,13-17,19-20H2,1H3. The fourth-order valence-electron chi connectivity index (χ4n) is 5.03. The highest BCUT2D eigenvalue weighted by atomic mass is 16.1. The van der Waals surface area contributed by atoms with Gasteiger partial charge in [-0.25, -0.2) is 0 Å². The van der Waals surface area contributed by atoms with Gasteiger partial charge < -0.3 is 5.32 Å². The van der Waals surface area contributed by atoms with Crippen LogP contribution in [-0.2, 0) is 19.5 Å². The van der Waals surface area contributed by atoms with E-state index in [1.165, 1.54) is 47.9 Å². The molecule has 0 saturated carbocycles. The maximum atomic E-state index is 12.8. The predicted octanol–water partition coefficient (Wildman–Crippen LogP) is 5.30. The third kappa shape index (κ3) is 5.59. The Morgan fingerprint density at radius 1 is 1.10 bits per heavy atom. The number of fused-ring (bicyclic) bond motifs is 1. The van der Waals surface area contributed by atoms with Crippen molar-refractivity contribution in [3.63, 3.8) is 0 Å². The minimum atomic E-state index is 0.321. The molecule has 160 valence electrons. The molecular weight excluding hydrogens is 368 g/mol. The van der Waals surface area contributed by atoms with Crippen LogP contribution in [0.1, 0.15) is 71.1 Å². The van der Waals surface area contributed by atoms with Gasteiger partial charge in [0.25, 0.3) is 0 Å². The largest absolute Gasteiger partial charge is 0.317 e. The van der Waals surface area contributed by atoms with Gasteiger partial charge in [0.05, 0.1) is 0 Å². The number of hydrogen-bond donors (Lipinski definition) is 1. The Balaban J connectivity index is 1.37. The number of ketones is 1. The summed E-state index contributed by atoms with van der Waals surface area (Å²) < 4.78 is 0. The molecule has 3 heteroatoms. The molecule has 1 fully saturated rings. The lowest BCUT2D eigenvalue weighted by Crippen LogP contribution is -2.27. The van der Waals surface area contributed by atoms with Gasteiger partial charge in [-0.1, -0.05) is 36.4 Å². The van der Waals surface area contributed by atoms with Crippen LogP contribution in [0, 0.1) is 12.8 Å². The van der Waals surface area contributed by atoms with Gasteiger partial charge in [-0.15, -0.1) is 0 Å². The van der Waals surface area contributed by atoms with Gasteiger partial charge in [-0.3, -0.25) is 9.69 Å². The fraction of sp³-hybridized carbons (Fsp3) is 0.519. The molecule has 2 aliphatic heterocycles. The van der Waals surface area contributed by atoms with E-state index in [1.54, 1.807) is 0 Å². The van der Waals surface area contributed by atoms with Crippen molar-refractivity contribution in [2.45, 2.75) is 65.0 Å². The van der Waals surface area contributed by atoms with E-state index in [0.717, 1.165) is 57.0 Å². The number of hydrogen-bond acceptors (Lipinski definition) is 3. The zero-order valence-electron chi connectivity index (χ0n) is 18.5. The Kier molecular flexibility index (Phi) is 7.35. The lowest BCUT2D eigenvalue weighted by Gasteiger charge is -2.22. The maximum Gasteiger partial charge on any atom is 0.162 e. The molecule has 2 aliphatic rings. The van der Waals surface area contributed by atoms with Gasteiger partial charge in [0.2, 0.25) is 0 Å². The lowest BCUT2D eigenvalue weighted by atomic mass is 9.91. The molecule has 0 bridgehead atoms. The number of carbonyl (C=O) groups is 1. The maximum absolute atomic E-state index is 12.8. The quantitative estimate of drug-likeness (QED) is 0.636. The molecule has 0 unspecified atom stereocenters. The summed E-state index contributed by atoms with van der Waals surface area (Å²) in [5, 5.41) is 3.42. The number of nitrogens with zero attached hydrogens (tertiary/aromatic N) is 1. The van der Waals surface area contributed by atoms with Crippen LogP contribution < -0.4 is 5.32 Å². The summed E-state index contributed by atoms with van der Waals surface area (Å²) in [6.45, 7) is 7.52. The number of benzene rings is 2. The smallest absolute Gasteiger partial charge is 0.162 e. The highest BCUT2D eigenvalue weighted by Crippen LogP contribution is 2.24. The number of nitrogens with one attached hydrogen (secondary N) is 1. The summed E-state index contributed by atoms with van der Waals surface area (Å²) in [7, 11) is 0. The molecule has 0 aromatic heterocycles. The molecule has 0 atom stereocenters. The van der Waals surface area contributed by atoms with Crippen LogP contribution in [0.5, 0.6) is 0 Å². The monoisotopic (exact) mass is 404 g/mol. The summed E-state index contributed by atoms with van der Waals surface area (Å²) in [4.78, 5) is 15.4. The van der Waals surface area contributed by atoms with Gasteiger partial charge in [0.15, 0.2) is 5.78 Å². The van der Waals surface area contributed by atoms with E-state index in [9.17, 15) is 4.79 Å². The van der Waals surface area contributed by atoms with E-state index in [2.05, 4.69) is 59.6 Å². The first kappa shape index (κ1) is 21.3. The molecular formula is C27H36N2O. The molecule has 0 aliphatic carbocycles. The Hall–Kier alpha value is -1.97. The second-order valence-corrected chi connectivity index (χ2v) is 9.23. The Morgan fingerprint density at radius 2 is 1.93 bits per heavy atom. The highest BCUT2D eigenvalue weighted by Gasteiger charge is 2.18. The van der Waals surface area contributed by atoms with E-state index < -0.39 is 0 Å². The minimum absolute atomic E-state index is 0.321. The zero-order chi connectivity index (χ0) is 20.8. The third-order valence-electron chi connectivity index (χ3n) is 6.97. The van der Waals surface area contributed by atoms with E-state index in [-0.39, 0.29) is 0 Å². The number of rotatable bonds is 7. The van der Waals surface area contributed by atoms with E-state index in [1.807, 2.05) is 0 Å². The lowest BCUT2D eigenvalue weighted by molar-refractivity contribution is 0.0976. The van der Waals surface area contributed by atoms with Crippen LogP contribution in [-0.4, -0.2) is 30.3 Å². The molecule has 1 N–H and O–H groups in total. The molecule has 3 nitrogen and oxygen atoms in total. The van der Waals surface area contributed by atoms with Gasteiger partial charge in [0, 0.05) is 25.1 Å². The molecule has 2 aromatic carbocycles. The summed E-state index contributed by atoms with van der Waals surface area (Å²) >= 11 is 0. The Bertz CT molecular complexity index is 854. The first-order chi connectivity index (χ1) is 14.7. The number of carbonyl (C=O) groups excluding carboxylic acids is 1. The van der Waals surface area contributed by atoms with E-state index in [0.29, 0.717) is 12.2 Å². The molecule has 4 rings (SSSR count). The van der Waals surface area contributed by atoms with Crippen molar-refractivity contribution in [1.29, 1.82) is 0 Å². The summed E-state index contributed by atoms with van der Waals surface area (Å²) in [5.74, 6) is 1.13. The molecule has 2 aromatic rings. The van der Waals surface area contributed by atoms with Gasteiger partial charge >= 0.3 is 0 Å². The first-order valence-electron chi connectivity index (χ1n) is 11.8. The topological polar surface area (TPSA) is 32.3 Å². The van der Waals surface area contributed by atoms with Crippen molar-refractivity contribution in [3.8, 4) is 0 Å². The van der Waals surface area contributed by atoms with Gasteiger partial charge in [0.1, 0.15) is 0 Å². The Morgan fingerprint density at radius 3 is 2.77 bits per heavy atom. The van der Waals surface area contributed by atoms with Crippen molar-refractivity contribution in [3.05, 3.63) is 70.3 Å². The predicted molar refractivity (Wildman–Crippen MR) is 124 cm³/mol. The van der Waals surface area contributed by atoms with Crippen LogP contribution in [0.25, 0.3) is 0 Å². The van der Waals surface area contributed by atoms with Crippen LogP contribution in [0.4, 0.5) is 0 Å². The molecule has 2 heterocycles. The first-order valence-corrected chi connectivity index (χ1v) is 11.8. The molecule has 30 heavy (non-hydrogen) atoms. The van der Waals surface area contributed by atoms with Gasteiger partial charge in [-0.2, -0.15) is 0 Å². The Labute approximate surface area is 181 Å². The van der Waals surface area contributed by atoms with Crippen molar-refractivity contribution < 1.29 is 4.79 Å². The highest BCUT2D eigenvalue weighted by molar-refractivity contribution is 5.96. The summed E-state index contributed by atoms with van der Waals surface area (Å²) in [6, 6.07) is 15.2. The van der Waals surface area contributed by atoms with Gasteiger partial charge in [-0.05, 0) is 99.3 Å². The van der Waals surface area contributed by atoms with Crippen molar-refractivity contribution in [2.75, 3.05) is 19.6 Å².